The minimum absolute atomic E-state index is 0.347. The Labute approximate surface area is 135 Å². The van der Waals surface area contributed by atoms with Crippen molar-refractivity contribution < 1.29 is 14.7 Å². The highest BCUT2D eigenvalue weighted by Gasteiger charge is 2.24. The number of aromatic nitrogens is 3. The molecule has 1 amide bonds. The lowest BCUT2D eigenvalue weighted by molar-refractivity contribution is -0.138. The first kappa shape index (κ1) is 16.9. The molecule has 0 aliphatic carbocycles. The summed E-state index contributed by atoms with van der Waals surface area (Å²) in [5.74, 6) is -1.10. The number of thioether (sulfide) groups is 1. The highest BCUT2D eigenvalue weighted by atomic mass is 32.2. The molecule has 0 saturated carbocycles. The van der Waals surface area contributed by atoms with Crippen LogP contribution >= 0.6 is 11.8 Å². The van der Waals surface area contributed by atoms with Gasteiger partial charge in [-0.3, -0.25) is 14.4 Å². The van der Waals surface area contributed by atoms with E-state index in [4.69, 9.17) is 5.11 Å². The van der Waals surface area contributed by atoms with Crippen LogP contribution in [-0.2, 0) is 9.59 Å². The molecule has 0 fully saturated rings. The predicted molar refractivity (Wildman–Crippen MR) is 86.5 cm³/mol. The van der Waals surface area contributed by atoms with E-state index in [-0.39, 0.29) is 0 Å². The van der Waals surface area contributed by atoms with Gasteiger partial charge in [-0.1, -0.05) is 17.3 Å². The number of benzene rings is 1. The predicted octanol–water partition coefficient (Wildman–Crippen LogP) is 0.286. The maximum absolute atomic E-state index is 12.5. The van der Waals surface area contributed by atoms with Crippen molar-refractivity contribution in [3.05, 3.63) is 34.6 Å². The summed E-state index contributed by atoms with van der Waals surface area (Å²) in [4.78, 5) is 35.4. The Bertz CT molecular complexity index is 777. The fourth-order valence-corrected chi connectivity index (χ4v) is 2.54. The topological polar surface area (TPSA) is 114 Å². The van der Waals surface area contributed by atoms with Crippen molar-refractivity contribution in [3.8, 4) is 0 Å². The number of carbonyl (C=O) groups excluding carboxylic acids is 1. The Morgan fingerprint density at radius 1 is 1.39 bits per heavy atom. The molecule has 2 aromatic rings. The van der Waals surface area contributed by atoms with Gasteiger partial charge < -0.3 is 10.4 Å². The van der Waals surface area contributed by atoms with Crippen LogP contribution < -0.4 is 10.9 Å². The molecule has 0 spiro atoms. The number of hydrogen-bond acceptors (Lipinski definition) is 6. The van der Waals surface area contributed by atoms with Crippen LogP contribution in [0.5, 0.6) is 0 Å². The van der Waals surface area contributed by atoms with Crippen molar-refractivity contribution in [1.82, 2.24) is 20.3 Å². The molecule has 23 heavy (non-hydrogen) atoms. The van der Waals surface area contributed by atoms with Crippen molar-refractivity contribution in [2.75, 3.05) is 18.6 Å². The van der Waals surface area contributed by atoms with Crippen LogP contribution in [0.15, 0.2) is 29.1 Å². The number of rotatable bonds is 7. The average molecular weight is 336 g/mol. The van der Waals surface area contributed by atoms with Gasteiger partial charge >= 0.3 is 5.97 Å². The van der Waals surface area contributed by atoms with Crippen molar-refractivity contribution in [2.45, 2.75) is 12.5 Å². The summed E-state index contributed by atoms with van der Waals surface area (Å²) in [6.07, 6.45) is 2.22. The Morgan fingerprint density at radius 2 is 2.13 bits per heavy atom. The van der Waals surface area contributed by atoms with Crippen LogP contribution in [0.3, 0.4) is 0 Å². The molecular formula is C14H16N4O4S. The van der Waals surface area contributed by atoms with Crippen molar-refractivity contribution in [3.63, 3.8) is 0 Å². The molecule has 0 aliphatic heterocycles. The third kappa shape index (κ3) is 4.07. The Kier molecular flexibility index (Phi) is 5.69. The maximum atomic E-state index is 12.5. The van der Waals surface area contributed by atoms with Gasteiger partial charge in [0.1, 0.15) is 18.1 Å². The lowest BCUT2D eigenvalue weighted by atomic mass is 10.2. The van der Waals surface area contributed by atoms with Gasteiger partial charge in [0.2, 0.25) is 5.91 Å². The first-order valence-electron chi connectivity index (χ1n) is 6.87. The van der Waals surface area contributed by atoms with Gasteiger partial charge in [-0.15, -0.1) is 5.10 Å². The van der Waals surface area contributed by atoms with Gasteiger partial charge in [0.25, 0.3) is 5.56 Å². The molecule has 1 aromatic heterocycles. The van der Waals surface area contributed by atoms with E-state index in [0.717, 1.165) is 4.68 Å². The maximum Gasteiger partial charge on any atom is 0.322 e. The number of fused-ring (bicyclic) bond motifs is 1. The van der Waals surface area contributed by atoms with Crippen LogP contribution in [0.25, 0.3) is 10.9 Å². The number of carboxylic acid groups (broad SMARTS) is 1. The lowest BCUT2D eigenvalue weighted by Crippen LogP contribution is -2.41. The van der Waals surface area contributed by atoms with E-state index in [1.54, 1.807) is 24.3 Å². The molecule has 1 heterocycles. The van der Waals surface area contributed by atoms with Gasteiger partial charge in [0.15, 0.2) is 0 Å². The molecule has 0 aliphatic rings. The summed E-state index contributed by atoms with van der Waals surface area (Å²) in [7, 11) is 0. The summed E-state index contributed by atoms with van der Waals surface area (Å²) < 4.78 is 1.02. The molecule has 0 unspecified atom stereocenters. The first-order chi connectivity index (χ1) is 11.0. The van der Waals surface area contributed by atoms with Gasteiger partial charge in [0, 0.05) is 0 Å². The van der Waals surface area contributed by atoms with E-state index in [9.17, 15) is 14.4 Å². The number of nitrogens with zero attached hydrogens (tertiary/aromatic N) is 3. The molecule has 1 aromatic carbocycles. The van der Waals surface area contributed by atoms with Gasteiger partial charge in [-0.25, -0.2) is 0 Å². The van der Waals surface area contributed by atoms with Crippen LogP contribution in [0.1, 0.15) is 12.5 Å². The largest absolute Gasteiger partial charge is 0.480 e. The Balaban J connectivity index is 2.38. The molecule has 2 rings (SSSR count). The summed E-state index contributed by atoms with van der Waals surface area (Å²) in [5.41, 5.74) is 0.0236. The van der Waals surface area contributed by atoms with E-state index in [2.05, 4.69) is 15.6 Å². The number of hydrogen-bond donors (Lipinski definition) is 2. The minimum Gasteiger partial charge on any atom is -0.480 e. The molecule has 2 N–H and O–H groups in total. The SMILES string of the molecule is CSCC[C@@H](C(=O)NCC(=O)O)n1nnc2ccccc2c1=O. The van der Waals surface area contributed by atoms with Crippen LogP contribution in [0, 0.1) is 0 Å². The van der Waals surface area contributed by atoms with Gasteiger partial charge in [-0.05, 0) is 30.6 Å². The Morgan fingerprint density at radius 3 is 2.83 bits per heavy atom. The van der Waals surface area contributed by atoms with E-state index < -0.39 is 30.0 Å². The van der Waals surface area contributed by atoms with Crippen molar-refractivity contribution in [2.24, 2.45) is 0 Å². The smallest absolute Gasteiger partial charge is 0.322 e. The quantitative estimate of drug-likeness (QED) is 0.746. The lowest BCUT2D eigenvalue weighted by Gasteiger charge is -2.17. The molecule has 9 heteroatoms. The van der Waals surface area contributed by atoms with Crippen LogP contribution in [0.4, 0.5) is 0 Å². The first-order valence-corrected chi connectivity index (χ1v) is 8.26. The molecule has 0 bridgehead atoms. The Hall–Kier alpha value is -2.42. The number of carboxylic acids is 1. The summed E-state index contributed by atoms with van der Waals surface area (Å²) in [5, 5.41) is 19.1. The normalized spacial score (nSPS) is 12.0. The molecular weight excluding hydrogens is 320 g/mol. The standard InChI is InChI=1S/C14H16N4O4S/c1-23-7-6-11(13(21)15-8-12(19)20)18-14(22)9-4-2-3-5-10(9)16-17-18/h2-5,11H,6-8H2,1H3,(H,15,21)(H,19,20)/t11-/m0/s1. The fourth-order valence-electron chi connectivity index (χ4n) is 2.08. The zero-order valence-corrected chi connectivity index (χ0v) is 13.2. The van der Waals surface area contributed by atoms with E-state index >= 15 is 0 Å². The van der Waals surface area contributed by atoms with E-state index in [1.807, 2.05) is 6.26 Å². The van der Waals surface area contributed by atoms with Gasteiger partial charge in [-0.2, -0.15) is 16.4 Å². The zero-order valence-electron chi connectivity index (χ0n) is 12.4. The molecule has 8 nitrogen and oxygen atoms in total. The van der Waals surface area contributed by atoms with Crippen LogP contribution in [-0.4, -0.2) is 50.5 Å². The second-order valence-corrected chi connectivity index (χ2v) is 5.75. The number of amides is 1. The van der Waals surface area contributed by atoms with Gasteiger partial charge in [0.05, 0.1) is 5.39 Å². The number of carbonyl (C=O) groups is 2. The summed E-state index contributed by atoms with van der Waals surface area (Å²) >= 11 is 1.52. The third-order valence-corrected chi connectivity index (χ3v) is 3.84. The number of aliphatic carboxylic acids is 1. The summed E-state index contributed by atoms with van der Waals surface area (Å²) in [6, 6.07) is 5.83. The van der Waals surface area contributed by atoms with E-state index in [1.165, 1.54) is 11.8 Å². The highest BCUT2D eigenvalue weighted by Crippen LogP contribution is 2.13. The zero-order chi connectivity index (χ0) is 16.8. The minimum atomic E-state index is -1.15. The monoisotopic (exact) mass is 336 g/mol. The molecule has 0 saturated heterocycles. The molecule has 1 atom stereocenters. The fraction of sp³-hybridized carbons (Fsp3) is 0.357. The third-order valence-electron chi connectivity index (χ3n) is 3.20. The number of nitrogens with one attached hydrogen (secondary N) is 1. The van der Waals surface area contributed by atoms with Crippen LogP contribution in [0.2, 0.25) is 0 Å². The molecule has 0 radical (unpaired) electrons. The van der Waals surface area contributed by atoms with E-state index in [0.29, 0.717) is 23.1 Å². The van der Waals surface area contributed by atoms with Crippen molar-refractivity contribution in [1.29, 1.82) is 0 Å². The second kappa shape index (κ2) is 7.73. The van der Waals surface area contributed by atoms with Crippen molar-refractivity contribution >= 4 is 34.5 Å². The highest BCUT2D eigenvalue weighted by molar-refractivity contribution is 7.98. The summed E-state index contributed by atoms with van der Waals surface area (Å²) in [6.45, 7) is -0.510. The second-order valence-electron chi connectivity index (χ2n) is 4.77. The average Bonchev–Trinajstić information content (AvgIpc) is 2.55. The molecule has 122 valence electrons.